The van der Waals surface area contributed by atoms with Gasteiger partial charge in [0.2, 0.25) is 5.91 Å². The third-order valence-electron chi connectivity index (χ3n) is 4.16. The van der Waals surface area contributed by atoms with Crippen LogP contribution in [-0.2, 0) is 11.3 Å². The van der Waals surface area contributed by atoms with Crippen molar-refractivity contribution in [1.29, 1.82) is 5.26 Å². The number of amides is 1. The van der Waals surface area contributed by atoms with E-state index in [1.165, 1.54) is 6.42 Å². The van der Waals surface area contributed by atoms with Gasteiger partial charge in [-0.15, -0.1) is 24.8 Å². The maximum absolute atomic E-state index is 11.8. The van der Waals surface area contributed by atoms with E-state index < -0.39 is 0 Å². The van der Waals surface area contributed by atoms with Crippen LogP contribution in [0.15, 0.2) is 24.3 Å². The van der Waals surface area contributed by atoms with Crippen LogP contribution < -0.4 is 10.6 Å². The number of benzene rings is 1. The molecule has 2 N–H and O–H groups in total. The highest BCUT2D eigenvalue weighted by molar-refractivity contribution is 5.85. The van der Waals surface area contributed by atoms with Gasteiger partial charge in [-0.1, -0.05) is 18.6 Å². The Balaban J connectivity index is 0.00000288. The van der Waals surface area contributed by atoms with E-state index in [0.29, 0.717) is 18.5 Å². The van der Waals surface area contributed by atoms with Gasteiger partial charge in [0.15, 0.2) is 0 Å². The van der Waals surface area contributed by atoms with Crippen molar-refractivity contribution in [2.24, 2.45) is 0 Å². The predicted octanol–water partition coefficient (Wildman–Crippen LogP) is 2.48. The lowest BCUT2D eigenvalue weighted by atomic mass is 10.1. The molecule has 1 aromatic carbocycles. The van der Waals surface area contributed by atoms with Crippen LogP contribution in [0.2, 0.25) is 0 Å². The molecule has 1 fully saturated rings. The minimum Gasteiger partial charge on any atom is -0.352 e. The number of hydrogen-bond acceptors (Lipinski definition) is 4. The molecule has 0 radical (unpaired) electrons. The lowest BCUT2D eigenvalue weighted by Crippen LogP contribution is -2.43. The molecule has 0 atom stereocenters. The minimum absolute atomic E-state index is 0. The highest BCUT2D eigenvalue weighted by atomic mass is 35.5. The van der Waals surface area contributed by atoms with Crippen LogP contribution in [0.5, 0.6) is 0 Å². The first kappa shape index (κ1) is 23.7. The van der Waals surface area contributed by atoms with E-state index in [0.717, 1.165) is 51.1 Å². The third-order valence-corrected chi connectivity index (χ3v) is 4.16. The van der Waals surface area contributed by atoms with E-state index in [9.17, 15) is 4.79 Å². The topological polar surface area (TPSA) is 68.2 Å². The van der Waals surface area contributed by atoms with E-state index >= 15 is 0 Å². The summed E-state index contributed by atoms with van der Waals surface area (Å²) in [5.41, 5.74) is 1.67. The molecule has 5 nitrogen and oxygen atoms in total. The molecule has 1 amide bonds. The molecule has 0 aromatic heterocycles. The number of unbranched alkanes of at least 4 members (excludes halogenated alkanes) is 2. The fraction of sp³-hybridized carbons (Fsp3) is 0.556. The van der Waals surface area contributed by atoms with Crippen molar-refractivity contribution < 1.29 is 4.79 Å². The minimum atomic E-state index is 0. The second-order valence-electron chi connectivity index (χ2n) is 5.99. The van der Waals surface area contributed by atoms with Crippen molar-refractivity contribution >= 4 is 30.7 Å². The maximum Gasteiger partial charge on any atom is 0.220 e. The molecule has 0 saturated carbocycles. The molecule has 1 aromatic rings. The lowest BCUT2D eigenvalue weighted by molar-refractivity contribution is -0.121. The Labute approximate surface area is 163 Å². The summed E-state index contributed by atoms with van der Waals surface area (Å²) < 4.78 is 0. The molecule has 2 rings (SSSR count). The number of nitriles is 1. The Morgan fingerprint density at radius 2 is 1.80 bits per heavy atom. The molecule has 140 valence electrons. The Kier molecular flexibility index (Phi) is 13.2. The van der Waals surface area contributed by atoms with Gasteiger partial charge in [0.1, 0.15) is 0 Å². The fourth-order valence-electron chi connectivity index (χ4n) is 2.72. The number of carbonyl (C=O) groups excluding carboxylic acids is 1. The van der Waals surface area contributed by atoms with Gasteiger partial charge >= 0.3 is 0 Å². The van der Waals surface area contributed by atoms with Crippen LogP contribution in [0.25, 0.3) is 0 Å². The van der Waals surface area contributed by atoms with Gasteiger partial charge < -0.3 is 15.5 Å². The summed E-state index contributed by atoms with van der Waals surface area (Å²) in [7, 11) is 0. The van der Waals surface area contributed by atoms with Crippen LogP contribution >= 0.6 is 24.8 Å². The average Bonchev–Trinajstić information content (AvgIpc) is 2.61. The summed E-state index contributed by atoms with van der Waals surface area (Å²) in [6.45, 7) is 6.16. The molecule has 7 heteroatoms. The van der Waals surface area contributed by atoms with E-state index in [2.05, 4.69) is 21.6 Å². The zero-order chi connectivity index (χ0) is 16.3. The van der Waals surface area contributed by atoms with Crippen molar-refractivity contribution in [3.05, 3.63) is 35.4 Å². The summed E-state index contributed by atoms with van der Waals surface area (Å²) in [6, 6.07) is 9.40. The molecule has 0 bridgehead atoms. The van der Waals surface area contributed by atoms with Gasteiger partial charge in [0.05, 0.1) is 11.6 Å². The monoisotopic (exact) mass is 386 g/mol. The molecule has 0 unspecified atom stereocenters. The first-order valence-corrected chi connectivity index (χ1v) is 8.47. The fourth-order valence-corrected chi connectivity index (χ4v) is 2.72. The van der Waals surface area contributed by atoms with Crippen molar-refractivity contribution in [3.8, 4) is 6.07 Å². The van der Waals surface area contributed by atoms with Gasteiger partial charge in [-0.05, 0) is 37.1 Å². The van der Waals surface area contributed by atoms with Gasteiger partial charge in [0, 0.05) is 39.1 Å². The van der Waals surface area contributed by atoms with Crippen LogP contribution in [0, 0.1) is 11.3 Å². The highest BCUT2D eigenvalue weighted by Gasteiger charge is 2.08. The normalized spacial score (nSPS) is 13.9. The van der Waals surface area contributed by atoms with Crippen molar-refractivity contribution in [2.75, 3.05) is 32.7 Å². The van der Waals surface area contributed by atoms with E-state index in [-0.39, 0.29) is 30.7 Å². The summed E-state index contributed by atoms with van der Waals surface area (Å²) in [5.74, 6) is 0.108. The van der Waals surface area contributed by atoms with Crippen LogP contribution in [-0.4, -0.2) is 43.5 Å². The second-order valence-corrected chi connectivity index (χ2v) is 5.99. The number of rotatable bonds is 8. The summed E-state index contributed by atoms with van der Waals surface area (Å²) in [6.07, 6.45) is 3.82. The number of hydrogen-bond donors (Lipinski definition) is 2. The molecule has 1 aliphatic rings. The zero-order valence-corrected chi connectivity index (χ0v) is 16.1. The summed E-state index contributed by atoms with van der Waals surface area (Å²) >= 11 is 0. The molecule has 1 heterocycles. The Morgan fingerprint density at radius 1 is 1.12 bits per heavy atom. The van der Waals surface area contributed by atoms with E-state index in [1.807, 2.05) is 12.1 Å². The molecule has 0 aliphatic carbocycles. The molecular formula is C18H28Cl2N4O. The quantitative estimate of drug-likeness (QED) is 0.673. The summed E-state index contributed by atoms with van der Waals surface area (Å²) in [5, 5.41) is 15.0. The van der Waals surface area contributed by atoms with Crippen LogP contribution in [0.4, 0.5) is 0 Å². The molecule has 1 aliphatic heterocycles. The van der Waals surface area contributed by atoms with Crippen molar-refractivity contribution in [2.45, 2.75) is 32.2 Å². The average molecular weight is 387 g/mol. The van der Waals surface area contributed by atoms with Gasteiger partial charge in [-0.25, -0.2) is 0 Å². The molecule has 1 saturated heterocycles. The third kappa shape index (κ3) is 9.66. The highest BCUT2D eigenvalue weighted by Crippen LogP contribution is 2.05. The first-order chi connectivity index (χ1) is 11.3. The number of nitrogens with zero attached hydrogens (tertiary/aromatic N) is 2. The Bertz CT molecular complexity index is 525. The number of halogens is 2. The lowest BCUT2D eigenvalue weighted by Gasteiger charge is -2.26. The van der Waals surface area contributed by atoms with Crippen molar-refractivity contribution in [3.63, 3.8) is 0 Å². The predicted molar refractivity (Wildman–Crippen MR) is 105 cm³/mol. The number of carbonyl (C=O) groups is 1. The SMILES string of the molecule is Cl.Cl.N#Cc1ccc(CNC(=O)CCCCCN2CCNCC2)cc1. The number of piperazine rings is 1. The first-order valence-electron chi connectivity index (χ1n) is 8.47. The Morgan fingerprint density at radius 3 is 2.44 bits per heavy atom. The largest absolute Gasteiger partial charge is 0.352 e. The molecule has 0 spiro atoms. The van der Waals surface area contributed by atoms with Gasteiger partial charge in [-0.2, -0.15) is 5.26 Å². The maximum atomic E-state index is 11.8. The summed E-state index contributed by atoms with van der Waals surface area (Å²) in [4.78, 5) is 14.3. The second kappa shape index (κ2) is 13.9. The van der Waals surface area contributed by atoms with Gasteiger partial charge in [0.25, 0.3) is 0 Å². The molecule has 25 heavy (non-hydrogen) atoms. The van der Waals surface area contributed by atoms with Gasteiger partial charge in [-0.3, -0.25) is 4.79 Å². The van der Waals surface area contributed by atoms with E-state index in [1.54, 1.807) is 12.1 Å². The number of nitrogens with one attached hydrogen (secondary N) is 2. The molecular weight excluding hydrogens is 359 g/mol. The van der Waals surface area contributed by atoms with Crippen molar-refractivity contribution in [1.82, 2.24) is 15.5 Å². The van der Waals surface area contributed by atoms with E-state index in [4.69, 9.17) is 5.26 Å². The van der Waals surface area contributed by atoms with Crippen LogP contribution in [0.3, 0.4) is 0 Å². The van der Waals surface area contributed by atoms with Crippen LogP contribution in [0.1, 0.15) is 36.8 Å². The standard InChI is InChI=1S/C18H26N4O.2ClH/c19-14-16-5-7-17(8-6-16)15-21-18(23)4-2-1-3-11-22-12-9-20-10-13-22;;/h5-8,20H,1-4,9-13,15H2,(H,21,23);2*1H. The Hall–Kier alpha value is -1.32. The smallest absolute Gasteiger partial charge is 0.220 e. The zero-order valence-electron chi connectivity index (χ0n) is 14.5.